The number of hydrogen-bond acceptors (Lipinski definition) is 4. The number of ether oxygens (including phenoxy) is 1. The molecule has 0 aliphatic carbocycles. The fourth-order valence-corrected chi connectivity index (χ4v) is 3.58. The second-order valence-electron chi connectivity index (χ2n) is 5.52. The zero-order chi connectivity index (χ0) is 18.5. The van der Waals surface area contributed by atoms with E-state index in [1.165, 1.54) is 11.8 Å². The summed E-state index contributed by atoms with van der Waals surface area (Å²) in [6, 6.07) is 12.6. The molecular weight excluding hydrogens is 393 g/mol. The number of methoxy groups -OCH3 is 1. The van der Waals surface area contributed by atoms with Crippen molar-refractivity contribution < 1.29 is 9.53 Å². The van der Waals surface area contributed by atoms with E-state index in [1.807, 2.05) is 22.8 Å². The maximum absolute atomic E-state index is 12.2. The topological polar surface area (TPSA) is 56.1 Å². The number of aromatic nitrogens is 2. The minimum Gasteiger partial charge on any atom is -0.383 e. The van der Waals surface area contributed by atoms with Crippen LogP contribution in [0, 0.1) is 0 Å². The first-order valence-corrected chi connectivity index (χ1v) is 9.64. The van der Waals surface area contributed by atoms with Crippen LogP contribution in [0.3, 0.4) is 0 Å². The molecule has 136 valence electrons. The number of hydrogen-bond donors (Lipinski definition) is 1. The number of anilines is 1. The minimum atomic E-state index is -0.110. The van der Waals surface area contributed by atoms with E-state index >= 15 is 0 Å². The summed E-state index contributed by atoms with van der Waals surface area (Å²) >= 11 is 13.3. The third kappa shape index (κ3) is 4.71. The molecule has 0 saturated carbocycles. The molecule has 8 heteroatoms. The molecule has 5 nitrogen and oxygen atoms in total. The summed E-state index contributed by atoms with van der Waals surface area (Å²) in [6.07, 6.45) is 0. The lowest BCUT2D eigenvalue weighted by Crippen LogP contribution is -2.15. The highest BCUT2D eigenvalue weighted by Gasteiger charge is 2.13. The molecule has 1 N–H and O–H groups in total. The minimum absolute atomic E-state index is 0.110. The van der Waals surface area contributed by atoms with E-state index in [-0.39, 0.29) is 11.7 Å². The number of nitrogens with zero attached hydrogens (tertiary/aromatic N) is 2. The van der Waals surface area contributed by atoms with Crippen LogP contribution in [0.2, 0.25) is 10.0 Å². The molecule has 1 heterocycles. The SMILES string of the molecule is COCCn1c(SCC(=O)Nc2ccc(Cl)cc2)nc2cc(Cl)ccc21. The van der Waals surface area contributed by atoms with E-state index in [0.717, 1.165) is 16.2 Å². The van der Waals surface area contributed by atoms with E-state index < -0.39 is 0 Å². The number of rotatable bonds is 7. The van der Waals surface area contributed by atoms with Gasteiger partial charge in [0.25, 0.3) is 0 Å². The zero-order valence-corrected chi connectivity index (χ0v) is 16.4. The van der Waals surface area contributed by atoms with Crippen molar-refractivity contribution in [3.05, 3.63) is 52.5 Å². The van der Waals surface area contributed by atoms with Gasteiger partial charge >= 0.3 is 0 Å². The number of benzene rings is 2. The van der Waals surface area contributed by atoms with Crippen molar-refractivity contribution in [3.63, 3.8) is 0 Å². The number of imidazole rings is 1. The van der Waals surface area contributed by atoms with Gasteiger partial charge in [0.05, 0.1) is 23.4 Å². The average molecular weight is 410 g/mol. The van der Waals surface area contributed by atoms with Crippen molar-refractivity contribution in [2.45, 2.75) is 11.7 Å². The highest BCUT2D eigenvalue weighted by molar-refractivity contribution is 7.99. The van der Waals surface area contributed by atoms with Crippen LogP contribution in [-0.2, 0) is 16.1 Å². The summed E-state index contributed by atoms with van der Waals surface area (Å²) in [5, 5.41) is 4.86. The second kappa shape index (κ2) is 8.77. The van der Waals surface area contributed by atoms with Gasteiger partial charge in [0.15, 0.2) is 5.16 Å². The Kier molecular flexibility index (Phi) is 6.43. The van der Waals surface area contributed by atoms with E-state index in [0.29, 0.717) is 28.9 Å². The van der Waals surface area contributed by atoms with Gasteiger partial charge in [-0.25, -0.2) is 4.98 Å². The summed E-state index contributed by atoms with van der Waals surface area (Å²) in [5.41, 5.74) is 2.47. The Hall–Kier alpha value is -1.73. The standard InChI is InChI=1S/C18H17Cl2N3O2S/c1-25-9-8-23-16-7-4-13(20)10-15(16)22-18(23)26-11-17(24)21-14-5-2-12(19)3-6-14/h2-7,10H,8-9,11H2,1H3,(H,21,24). The monoisotopic (exact) mass is 409 g/mol. The molecule has 3 rings (SSSR count). The van der Waals surface area contributed by atoms with Gasteiger partial charge < -0.3 is 14.6 Å². The Morgan fingerprint density at radius 3 is 2.65 bits per heavy atom. The van der Waals surface area contributed by atoms with Crippen LogP contribution in [0.15, 0.2) is 47.6 Å². The molecule has 0 aliphatic heterocycles. The van der Waals surface area contributed by atoms with Crippen molar-refractivity contribution in [2.24, 2.45) is 0 Å². The largest absolute Gasteiger partial charge is 0.383 e. The molecule has 3 aromatic rings. The number of fused-ring (bicyclic) bond motifs is 1. The zero-order valence-electron chi connectivity index (χ0n) is 14.0. The van der Waals surface area contributed by atoms with Gasteiger partial charge in [0.1, 0.15) is 0 Å². The Labute approximate surface area is 165 Å². The summed E-state index contributed by atoms with van der Waals surface area (Å²) in [6.45, 7) is 1.20. The molecule has 0 spiro atoms. The van der Waals surface area contributed by atoms with Crippen LogP contribution >= 0.6 is 35.0 Å². The van der Waals surface area contributed by atoms with Crippen LogP contribution in [0.4, 0.5) is 5.69 Å². The van der Waals surface area contributed by atoms with Crippen molar-refractivity contribution in [1.82, 2.24) is 9.55 Å². The van der Waals surface area contributed by atoms with Crippen LogP contribution < -0.4 is 5.32 Å². The highest BCUT2D eigenvalue weighted by Crippen LogP contribution is 2.26. The average Bonchev–Trinajstić information content (AvgIpc) is 2.96. The molecule has 1 amide bonds. The Bertz CT molecular complexity index is 913. The smallest absolute Gasteiger partial charge is 0.234 e. The fraction of sp³-hybridized carbons (Fsp3) is 0.222. The predicted molar refractivity (Wildman–Crippen MR) is 107 cm³/mol. The quantitative estimate of drug-likeness (QED) is 0.573. The van der Waals surface area contributed by atoms with Crippen molar-refractivity contribution >= 4 is 57.6 Å². The third-order valence-corrected chi connectivity index (χ3v) is 5.12. The first-order valence-electron chi connectivity index (χ1n) is 7.90. The van der Waals surface area contributed by atoms with Crippen LogP contribution in [0.25, 0.3) is 11.0 Å². The first kappa shape index (κ1) is 19.0. The number of thioether (sulfide) groups is 1. The van der Waals surface area contributed by atoms with Crippen molar-refractivity contribution in [3.8, 4) is 0 Å². The van der Waals surface area contributed by atoms with Crippen LogP contribution in [0.5, 0.6) is 0 Å². The highest BCUT2D eigenvalue weighted by atomic mass is 35.5. The molecule has 0 saturated heterocycles. The number of carbonyl (C=O) groups excluding carboxylic acids is 1. The third-order valence-electron chi connectivity index (χ3n) is 3.65. The lowest BCUT2D eigenvalue weighted by Gasteiger charge is -2.09. The van der Waals surface area contributed by atoms with E-state index in [4.69, 9.17) is 27.9 Å². The summed E-state index contributed by atoms with van der Waals surface area (Å²) in [5.74, 6) is 0.132. The van der Waals surface area contributed by atoms with Crippen molar-refractivity contribution in [1.29, 1.82) is 0 Å². The van der Waals surface area contributed by atoms with Crippen molar-refractivity contribution in [2.75, 3.05) is 24.8 Å². The summed E-state index contributed by atoms with van der Waals surface area (Å²) in [7, 11) is 1.66. The summed E-state index contributed by atoms with van der Waals surface area (Å²) in [4.78, 5) is 16.8. The fourth-order valence-electron chi connectivity index (χ4n) is 2.45. The van der Waals surface area contributed by atoms with E-state index in [9.17, 15) is 4.79 Å². The lowest BCUT2D eigenvalue weighted by atomic mass is 10.3. The Balaban J connectivity index is 1.72. The molecular formula is C18H17Cl2N3O2S. The Morgan fingerprint density at radius 2 is 1.92 bits per heavy atom. The summed E-state index contributed by atoms with van der Waals surface area (Å²) < 4.78 is 7.22. The molecule has 2 aromatic carbocycles. The van der Waals surface area contributed by atoms with E-state index in [1.54, 1.807) is 31.4 Å². The number of nitrogens with one attached hydrogen (secondary N) is 1. The predicted octanol–water partition coefficient (Wildman–Crippen LogP) is 4.72. The van der Waals surface area contributed by atoms with Gasteiger partial charge in [-0.05, 0) is 42.5 Å². The molecule has 0 aliphatic rings. The van der Waals surface area contributed by atoms with Gasteiger partial charge in [0, 0.05) is 29.4 Å². The maximum Gasteiger partial charge on any atom is 0.234 e. The molecule has 0 bridgehead atoms. The number of amides is 1. The van der Waals surface area contributed by atoms with Gasteiger partial charge in [-0.3, -0.25) is 4.79 Å². The molecule has 26 heavy (non-hydrogen) atoms. The van der Waals surface area contributed by atoms with Gasteiger partial charge in [-0.1, -0.05) is 35.0 Å². The lowest BCUT2D eigenvalue weighted by molar-refractivity contribution is -0.113. The van der Waals surface area contributed by atoms with Gasteiger partial charge in [-0.15, -0.1) is 0 Å². The van der Waals surface area contributed by atoms with Crippen LogP contribution in [0.1, 0.15) is 0 Å². The molecule has 0 atom stereocenters. The van der Waals surface area contributed by atoms with Gasteiger partial charge in [0.2, 0.25) is 5.91 Å². The molecule has 0 fully saturated rings. The number of carbonyl (C=O) groups is 1. The first-order chi connectivity index (χ1) is 12.6. The van der Waals surface area contributed by atoms with Crippen LogP contribution in [-0.4, -0.2) is 34.9 Å². The molecule has 0 unspecified atom stereocenters. The Morgan fingerprint density at radius 1 is 1.19 bits per heavy atom. The normalized spacial score (nSPS) is 11.0. The number of halogens is 2. The van der Waals surface area contributed by atoms with Gasteiger partial charge in [-0.2, -0.15) is 0 Å². The molecule has 1 aromatic heterocycles. The second-order valence-corrected chi connectivity index (χ2v) is 7.33. The molecule has 0 radical (unpaired) electrons. The van der Waals surface area contributed by atoms with E-state index in [2.05, 4.69) is 10.3 Å². The maximum atomic E-state index is 12.2.